The maximum absolute atomic E-state index is 14.3. The minimum Gasteiger partial charge on any atom is -0.493 e. The number of sulfonamides is 1. The van der Waals surface area contributed by atoms with E-state index in [2.05, 4.69) is 29.6 Å². The Morgan fingerprint density at radius 1 is 0.800 bits per heavy atom. The molecule has 5 rings (SSSR count). The van der Waals surface area contributed by atoms with Gasteiger partial charge >= 0.3 is 0 Å². The summed E-state index contributed by atoms with van der Waals surface area (Å²) in [6.45, 7) is 0.193. The van der Waals surface area contributed by atoms with Crippen LogP contribution in [-0.4, -0.2) is 45.4 Å². The van der Waals surface area contributed by atoms with Crippen molar-refractivity contribution in [1.82, 2.24) is 9.62 Å². The van der Waals surface area contributed by atoms with E-state index in [0.29, 0.717) is 17.9 Å². The number of hydrogen-bond acceptors (Lipinski definition) is 5. The van der Waals surface area contributed by atoms with Crippen LogP contribution in [0.2, 0.25) is 0 Å². The van der Waals surface area contributed by atoms with Crippen LogP contribution < -0.4 is 14.8 Å². The van der Waals surface area contributed by atoms with E-state index in [1.54, 1.807) is 6.07 Å². The summed E-state index contributed by atoms with van der Waals surface area (Å²) < 4.78 is 40.4. The number of amides is 1. The lowest BCUT2D eigenvalue weighted by molar-refractivity contribution is -0.126. The van der Waals surface area contributed by atoms with Crippen molar-refractivity contribution in [3.63, 3.8) is 0 Å². The quantitative estimate of drug-likeness (QED) is 0.172. The molecule has 0 saturated carbocycles. The van der Waals surface area contributed by atoms with Crippen molar-refractivity contribution in [3.8, 4) is 11.5 Å². The number of rotatable bonds is 14. The van der Waals surface area contributed by atoms with Gasteiger partial charge in [0.1, 0.15) is 6.04 Å². The molecule has 8 heteroatoms. The molecular weight excluding hydrogens is 584 g/mol. The minimum absolute atomic E-state index is 0.0552. The Labute approximate surface area is 267 Å². The maximum atomic E-state index is 14.3. The van der Waals surface area contributed by atoms with Gasteiger partial charge in [-0.2, -0.15) is 4.31 Å². The van der Waals surface area contributed by atoms with Crippen molar-refractivity contribution in [1.29, 1.82) is 0 Å². The number of carbonyl (C=O) groups excluding carboxylic acids is 1. The number of fused-ring (bicyclic) bond motifs is 1. The lowest BCUT2D eigenvalue weighted by atomic mass is 9.93. The summed E-state index contributed by atoms with van der Waals surface area (Å²) in [5.41, 5.74) is 4.24. The Hall–Kier alpha value is -4.14. The minimum atomic E-state index is -4.06. The van der Waals surface area contributed by atoms with Crippen LogP contribution in [0.25, 0.3) is 0 Å². The average molecular weight is 627 g/mol. The molecule has 1 amide bonds. The molecule has 1 aliphatic heterocycles. The van der Waals surface area contributed by atoms with E-state index in [1.165, 1.54) is 41.8 Å². The zero-order valence-corrected chi connectivity index (χ0v) is 26.8. The summed E-state index contributed by atoms with van der Waals surface area (Å²) in [5.74, 6) is 0.452. The molecule has 7 nitrogen and oxygen atoms in total. The van der Waals surface area contributed by atoms with Gasteiger partial charge in [-0.3, -0.25) is 4.79 Å². The first kappa shape index (κ1) is 32.3. The normalized spacial score (nSPS) is 15.0. The van der Waals surface area contributed by atoms with Crippen LogP contribution in [0.1, 0.15) is 54.0 Å². The summed E-state index contributed by atoms with van der Waals surface area (Å²) in [6, 6.07) is 31.8. The molecule has 1 heterocycles. The lowest BCUT2D eigenvalue weighted by Gasteiger charge is -2.36. The first-order valence-corrected chi connectivity index (χ1v) is 17.0. The largest absolute Gasteiger partial charge is 0.493 e. The number of carbonyl (C=O) groups is 1. The molecule has 0 spiro atoms. The van der Waals surface area contributed by atoms with Gasteiger partial charge in [-0.05, 0) is 79.3 Å². The second-order valence-electron chi connectivity index (χ2n) is 11.4. The fourth-order valence-corrected chi connectivity index (χ4v) is 7.74. The lowest BCUT2D eigenvalue weighted by Crippen LogP contribution is -2.49. The van der Waals surface area contributed by atoms with E-state index in [0.717, 1.165) is 49.7 Å². The molecule has 1 aliphatic rings. The molecule has 236 valence electrons. The molecule has 45 heavy (non-hydrogen) atoms. The van der Waals surface area contributed by atoms with Crippen molar-refractivity contribution in [2.24, 2.45) is 0 Å². The zero-order chi connectivity index (χ0) is 31.6. The fraction of sp³-hybridized carbons (Fsp3) is 0.324. The molecule has 4 aromatic carbocycles. The first-order chi connectivity index (χ1) is 21.9. The molecule has 0 saturated heterocycles. The fourth-order valence-electron chi connectivity index (χ4n) is 6.15. The van der Waals surface area contributed by atoms with Crippen LogP contribution in [0.5, 0.6) is 11.5 Å². The van der Waals surface area contributed by atoms with E-state index in [-0.39, 0.29) is 23.4 Å². The molecule has 0 aliphatic carbocycles. The van der Waals surface area contributed by atoms with Crippen LogP contribution in [0, 0.1) is 0 Å². The third-order valence-electron chi connectivity index (χ3n) is 8.52. The molecule has 0 bridgehead atoms. The molecule has 1 atom stereocenters. The summed E-state index contributed by atoms with van der Waals surface area (Å²) in [7, 11) is -1.09. The van der Waals surface area contributed by atoms with Gasteiger partial charge in [0.05, 0.1) is 19.1 Å². The van der Waals surface area contributed by atoms with Crippen LogP contribution in [0.4, 0.5) is 0 Å². The first-order valence-electron chi connectivity index (χ1n) is 15.6. The number of benzene rings is 4. The van der Waals surface area contributed by atoms with Crippen LogP contribution in [0.15, 0.2) is 108 Å². The number of methoxy groups -OCH3 is 2. The van der Waals surface area contributed by atoms with Crippen LogP contribution >= 0.6 is 0 Å². The van der Waals surface area contributed by atoms with Gasteiger partial charge in [0.25, 0.3) is 0 Å². The van der Waals surface area contributed by atoms with Gasteiger partial charge in [0.15, 0.2) is 11.5 Å². The Balaban J connectivity index is 1.39. The second-order valence-corrected chi connectivity index (χ2v) is 13.3. The molecular formula is C37H42N2O5S. The van der Waals surface area contributed by atoms with Crippen molar-refractivity contribution in [2.45, 2.75) is 61.9 Å². The van der Waals surface area contributed by atoms with Gasteiger partial charge in [-0.1, -0.05) is 84.9 Å². The van der Waals surface area contributed by atoms with Gasteiger partial charge in [-0.15, -0.1) is 0 Å². The van der Waals surface area contributed by atoms with Crippen molar-refractivity contribution in [3.05, 3.63) is 125 Å². The Morgan fingerprint density at radius 2 is 1.38 bits per heavy atom. The summed E-state index contributed by atoms with van der Waals surface area (Å²) in [5, 5.41) is 3.30. The van der Waals surface area contributed by atoms with Gasteiger partial charge < -0.3 is 14.8 Å². The number of ether oxygens (including phenoxy) is 2. The monoisotopic (exact) mass is 626 g/mol. The average Bonchev–Trinajstić information content (AvgIpc) is 3.08. The third-order valence-corrected chi connectivity index (χ3v) is 10.4. The molecule has 4 aromatic rings. The van der Waals surface area contributed by atoms with Gasteiger partial charge in [-0.25, -0.2) is 8.42 Å². The molecule has 0 fully saturated rings. The number of nitrogens with zero attached hydrogens (tertiary/aromatic N) is 1. The standard InChI is InChI=1S/C37H42N2O5S/c1-43-34-24-23-32(27-35(34)44-2)45(41,42)39-26-25-30-19-9-10-22-33(30)36(39)37(40)38-31(20-11-17-28-13-5-3-6-14-28)21-12-18-29-15-7-4-8-16-29/h3-10,13-16,19,22-24,27,31,36H,11-12,17-18,20-21,25-26H2,1-2H3,(H,38,40)/t36-/m0/s1. The topological polar surface area (TPSA) is 84.9 Å². The SMILES string of the molecule is COc1ccc(S(=O)(=O)N2CCc3ccccc3[C@H]2C(=O)NC(CCCc2ccccc2)CCCc2ccccc2)cc1OC. The Bertz CT molecular complexity index is 1620. The summed E-state index contributed by atoms with van der Waals surface area (Å²) in [4.78, 5) is 14.3. The Kier molecular flexibility index (Phi) is 10.9. The molecule has 0 unspecified atom stereocenters. The summed E-state index contributed by atoms with van der Waals surface area (Å²) >= 11 is 0. The maximum Gasteiger partial charge on any atom is 0.244 e. The van der Waals surface area contributed by atoms with Gasteiger partial charge in [0.2, 0.25) is 15.9 Å². The van der Waals surface area contributed by atoms with Crippen molar-refractivity contribution < 1.29 is 22.7 Å². The van der Waals surface area contributed by atoms with E-state index in [4.69, 9.17) is 9.47 Å². The van der Waals surface area contributed by atoms with Gasteiger partial charge in [0, 0.05) is 18.7 Å². The van der Waals surface area contributed by atoms with Crippen LogP contribution in [0.3, 0.4) is 0 Å². The van der Waals surface area contributed by atoms with Crippen LogP contribution in [-0.2, 0) is 34.1 Å². The predicted octanol–water partition coefficient (Wildman–Crippen LogP) is 6.52. The molecule has 1 N–H and O–H groups in total. The second kappa shape index (κ2) is 15.2. The smallest absolute Gasteiger partial charge is 0.244 e. The van der Waals surface area contributed by atoms with E-state index in [1.807, 2.05) is 60.7 Å². The van der Waals surface area contributed by atoms with E-state index < -0.39 is 16.1 Å². The summed E-state index contributed by atoms with van der Waals surface area (Å²) in [6.07, 6.45) is 5.77. The number of hydrogen-bond donors (Lipinski definition) is 1. The van der Waals surface area contributed by atoms with Crippen molar-refractivity contribution >= 4 is 15.9 Å². The zero-order valence-electron chi connectivity index (χ0n) is 26.0. The molecule has 0 aromatic heterocycles. The highest BCUT2D eigenvalue weighted by molar-refractivity contribution is 7.89. The molecule has 0 radical (unpaired) electrons. The third kappa shape index (κ3) is 7.93. The highest BCUT2D eigenvalue weighted by Crippen LogP contribution is 2.37. The Morgan fingerprint density at radius 3 is 1.98 bits per heavy atom. The number of aryl methyl sites for hydroxylation is 2. The van der Waals surface area contributed by atoms with Crippen molar-refractivity contribution in [2.75, 3.05) is 20.8 Å². The van der Waals surface area contributed by atoms with E-state index in [9.17, 15) is 13.2 Å². The van der Waals surface area contributed by atoms with E-state index >= 15 is 0 Å². The highest BCUT2D eigenvalue weighted by Gasteiger charge is 2.41. The number of nitrogens with one attached hydrogen (secondary N) is 1. The predicted molar refractivity (Wildman–Crippen MR) is 177 cm³/mol. The highest BCUT2D eigenvalue weighted by atomic mass is 32.2.